The van der Waals surface area contributed by atoms with E-state index in [-0.39, 0.29) is 0 Å². The van der Waals surface area contributed by atoms with Crippen molar-refractivity contribution in [3.63, 3.8) is 0 Å². The Hall–Kier alpha value is -1.06. The van der Waals surface area contributed by atoms with Crippen molar-refractivity contribution in [3.05, 3.63) is 29.8 Å². The lowest BCUT2D eigenvalue weighted by Crippen LogP contribution is -2.41. The molecular formula is C16H24N2O. The summed E-state index contributed by atoms with van der Waals surface area (Å²) in [4.78, 5) is 2.48. The third kappa shape index (κ3) is 3.10. The van der Waals surface area contributed by atoms with E-state index < -0.39 is 0 Å². The van der Waals surface area contributed by atoms with Gasteiger partial charge in [-0.1, -0.05) is 18.2 Å². The molecule has 2 atom stereocenters. The van der Waals surface area contributed by atoms with Gasteiger partial charge in [-0.2, -0.15) is 0 Å². The van der Waals surface area contributed by atoms with Gasteiger partial charge in [-0.05, 0) is 44.4 Å². The average Bonchev–Trinajstić information content (AvgIpc) is 2.83. The molecule has 3 rings (SSSR count). The van der Waals surface area contributed by atoms with Crippen molar-refractivity contribution >= 4 is 5.69 Å². The van der Waals surface area contributed by atoms with E-state index in [9.17, 15) is 0 Å². The van der Waals surface area contributed by atoms with Crippen LogP contribution in [-0.2, 0) is 11.2 Å². The van der Waals surface area contributed by atoms with Crippen molar-refractivity contribution in [2.24, 2.45) is 0 Å². The molecule has 1 N–H and O–H groups in total. The predicted octanol–water partition coefficient (Wildman–Crippen LogP) is 2.52. The van der Waals surface area contributed by atoms with Gasteiger partial charge in [-0.15, -0.1) is 0 Å². The SMILES string of the molecule is CN(CC1CCCO1)C1CCc2ccccc2NC1. The number of likely N-dealkylation sites (N-methyl/N-ethyl adjacent to an activating group) is 1. The minimum atomic E-state index is 0.454. The maximum Gasteiger partial charge on any atom is 0.0702 e. The fourth-order valence-electron chi connectivity index (χ4n) is 3.20. The Bertz CT molecular complexity index is 388. The molecule has 3 nitrogen and oxygen atoms in total. The Balaban J connectivity index is 1.58. The van der Waals surface area contributed by atoms with E-state index in [2.05, 4.69) is 41.5 Å². The number of aryl methyl sites for hydroxylation is 1. The fraction of sp³-hybridized carbons (Fsp3) is 0.625. The molecule has 1 fully saturated rings. The maximum absolute atomic E-state index is 5.75. The lowest BCUT2D eigenvalue weighted by molar-refractivity contribution is 0.0686. The second kappa shape index (κ2) is 5.93. The number of benzene rings is 1. The monoisotopic (exact) mass is 260 g/mol. The summed E-state index contributed by atoms with van der Waals surface area (Å²) in [6.45, 7) is 3.07. The second-order valence-corrected chi connectivity index (χ2v) is 5.81. The number of ether oxygens (including phenoxy) is 1. The Morgan fingerprint density at radius 3 is 3.05 bits per heavy atom. The number of fused-ring (bicyclic) bond motifs is 1. The first-order chi connectivity index (χ1) is 9.33. The highest BCUT2D eigenvalue weighted by atomic mass is 16.5. The zero-order chi connectivity index (χ0) is 13.1. The van der Waals surface area contributed by atoms with Crippen LogP contribution in [0.5, 0.6) is 0 Å². The van der Waals surface area contributed by atoms with Crippen LogP contribution in [0.2, 0.25) is 0 Å². The van der Waals surface area contributed by atoms with Crippen molar-refractivity contribution in [3.8, 4) is 0 Å². The van der Waals surface area contributed by atoms with Gasteiger partial charge in [-0.3, -0.25) is 4.90 Å². The largest absolute Gasteiger partial charge is 0.383 e. The van der Waals surface area contributed by atoms with Gasteiger partial charge in [0, 0.05) is 31.4 Å². The summed E-state index contributed by atoms with van der Waals surface area (Å²) in [6, 6.07) is 9.29. The van der Waals surface area contributed by atoms with Crippen molar-refractivity contribution in [1.82, 2.24) is 4.90 Å². The molecule has 2 heterocycles. The van der Waals surface area contributed by atoms with Crippen LogP contribution in [0.25, 0.3) is 0 Å². The highest BCUT2D eigenvalue weighted by Gasteiger charge is 2.23. The Morgan fingerprint density at radius 2 is 2.21 bits per heavy atom. The fourth-order valence-corrected chi connectivity index (χ4v) is 3.20. The molecule has 2 aliphatic rings. The number of hydrogen-bond donors (Lipinski definition) is 1. The summed E-state index contributed by atoms with van der Waals surface area (Å²) in [5.41, 5.74) is 2.77. The molecule has 0 saturated carbocycles. The van der Waals surface area contributed by atoms with E-state index in [1.165, 1.54) is 36.9 Å². The first-order valence-corrected chi connectivity index (χ1v) is 7.46. The second-order valence-electron chi connectivity index (χ2n) is 5.81. The molecule has 3 heteroatoms. The third-order valence-electron chi connectivity index (χ3n) is 4.43. The molecule has 0 spiro atoms. The molecule has 2 aliphatic heterocycles. The van der Waals surface area contributed by atoms with E-state index in [0.717, 1.165) is 19.7 Å². The summed E-state index contributed by atoms with van der Waals surface area (Å²) in [5.74, 6) is 0. The van der Waals surface area contributed by atoms with Crippen LogP contribution in [0.3, 0.4) is 0 Å². The molecule has 1 aromatic carbocycles. The van der Waals surface area contributed by atoms with Crippen LogP contribution >= 0.6 is 0 Å². The minimum Gasteiger partial charge on any atom is -0.383 e. The van der Waals surface area contributed by atoms with Crippen LogP contribution in [0.15, 0.2) is 24.3 Å². The zero-order valence-corrected chi connectivity index (χ0v) is 11.8. The molecule has 0 aliphatic carbocycles. The number of rotatable bonds is 3. The smallest absolute Gasteiger partial charge is 0.0702 e. The normalized spacial score (nSPS) is 26.8. The van der Waals surface area contributed by atoms with Crippen LogP contribution in [0.1, 0.15) is 24.8 Å². The Labute approximate surface area is 115 Å². The van der Waals surface area contributed by atoms with Gasteiger partial charge in [0.2, 0.25) is 0 Å². The highest BCUT2D eigenvalue weighted by molar-refractivity contribution is 5.52. The summed E-state index contributed by atoms with van der Waals surface area (Å²) in [7, 11) is 2.24. The molecule has 0 bridgehead atoms. The van der Waals surface area contributed by atoms with Gasteiger partial charge in [0.1, 0.15) is 0 Å². The number of hydrogen-bond acceptors (Lipinski definition) is 3. The molecule has 2 unspecified atom stereocenters. The first kappa shape index (κ1) is 12.9. The third-order valence-corrected chi connectivity index (χ3v) is 4.43. The summed E-state index contributed by atoms with van der Waals surface area (Å²) in [6.07, 6.45) is 5.31. The van der Waals surface area contributed by atoms with E-state index in [4.69, 9.17) is 4.74 Å². The molecule has 1 saturated heterocycles. The van der Waals surface area contributed by atoms with Gasteiger partial charge in [0.25, 0.3) is 0 Å². The number of nitrogens with one attached hydrogen (secondary N) is 1. The van der Waals surface area contributed by atoms with E-state index in [1.54, 1.807) is 0 Å². The van der Waals surface area contributed by atoms with Gasteiger partial charge in [0.05, 0.1) is 6.10 Å². The molecule has 1 aromatic rings. The number of anilines is 1. The zero-order valence-electron chi connectivity index (χ0n) is 11.8. The van der Waals surface area contributed by atoms with E-state index >= 15 is 0 Å². The van der Waals surface area contributed by atoms with Crippen molar-refractivity contribution in [2.45, 2.75) is 37.8 Å². The predicted molar refractivity (Wildman–Crippen MR) is 78.6 cm³/mol. The van der Waals surface area contributed by atoms with Crippen molar-refractivity contribution in [2.75, 3.05) is 32.1 Å². The molecular weight excluding hydrogens is 236 g/mol. The summed E-state index contributed by atoms with van der Waals surface area (Å²) < 4.78 is 5.75. The van der Waals surface area contributed by atoms with Crippen molar-refractivity contribution in [1.29, 1.82) is 0 Å². The average molecular weight is 260 g/mol. The van der Waals surface area contributed by atoms with E-state index in [1.807, 2.05) is 0 Å². The van der Waals surface area contributed by atoms with Crippen molar-refractivity contribution < 1.29 is 4.74 Å². The van der Waals surface area contributed by atoms with Gasteiger partial charge < -0.3 is 10.1 Å². The molecule has 104 valence electrons. The lowest BCUT2D eigenvalue weighted by Gasteiger charge is -2.29. The summed E-state index contributed by atoms with van der Waals surface area (Å²) >= 11 is 0. The number of para-hydroxylation sites is 1. The Kier molecular flexibility index (Phi) is 4.04. The van der Waals surface area contributed by atoms with E-state index in [0.29, 0.717) is 12.1 Å². The van der Waals surface area contributed by atoms with Gasteiger partial charge in [0.15, 0.2) is 0 Å². The quantitative estimate of drug-likeness (QED) is 0.904. The molecule has 0 aromatic heterocycles. The molecule has 0 amide bonds. The van der Waals surface area contributed by atoms with Gasteiger partial charge in [-0.25, -0.2) is 0 Å². The lowest BCUT2D eigenvalue weighted by atomic mass is 10.1. The first-order valence-electron chi connectivity index (χ1n) is 7.46. The van der Waals surface area contributed by atoms with Gasteiger partial charge >= 0.3 is 0 Å². The minimum absolute atomic E-state index is 0.454. The molecule has 0 radical (unpaired) electrons. The Morgan fingerprint density at radius 1 is 1.32 bits per heavy atom. The maximum atomic E-state index is 5.75. The standard InChI is InChI=1S/C16H24N2O/c1-18(12-15-6-4-10-19-15)14-9-8-13-5-2-3-7-16(13)17-11-14/h2-3,5,7,14-15,17H,4,6,8-12H2,1H3. The summed E-state index contributed by atoms with van der Waals surface area (Å²) in [5, 5.41) is 3.60. The topological polar surface area (TPSA) is 24.5 Å². The van der Waals surface area contributed by atoms with Crippen LogP contribution < -0.4 is 5.32 Å². The van der Waals surface area contributed by atoms with Crippen LogP contribution in [0.4, 0.5) is 5.69 Å². The highest BCUT2D eigenvalue weighted by Crippen LogP contribution is 2.23. The van der Waals surface area contributed by atoms with Crippen LogP contribution in [-0.4, -0.2) is 43.8 Å². The molecule has 19 heavy (non-hydrogen) atoms. The van der Waals surface area contributed by atoms with Crippen LogP contribution in [0, 0.1) is 0 Å². The number of nitrogens with zero attached hydrogens (tertiary/aromatic N) is 1.